The normalized spacial score (nSPS) is 11.5. The molecule has 0 spiro atoms. The Kier molecular flexibility index (Phi) is 12.6. The van der Waals surface area contributed by atoms with E-state index in [1.54, 1.807) is 13.8 Å². The first-order valence-electron chi connectivity index (χ1n) is 11.4. The number of benzene rings is 2. The Morgan fingerprint density at radius 1 is 0.615 bits per heavy atom. The van der Waals surface area contributed by atoms with Crippen LogP contribution >= 0.6 is 63.7 Å². The van der Waals surface area contributed by atoms with Crippen molar-refractivity contribution in [3.63, 3.8) is 0 Å². The topological polar surface area (TPSA) is 105 Å². The highest BCUT2D eigenvalue weighted by atomic mass is 79.9. The minimum Gasteiger partial charge on any atom is -0.463 e. The standard InChI is InChI=1S/C27H24Br4O8/c1-5-36-21(32)7-9-23(34)38-25-17(28)11-15(12-18(25)29)27(3,4)16-13-19(30)26(20(31)14-16)39-24(35)10-8-22(33)37-6-2/h7-14H,5-6H2,1-4H3. The maximum atomic E-state index is 12.2. The predicted molar refractivity (Wildman–Crippen MR) is 159 cm³/mol. The van der Waals surface area contributed by atoms with Crippen LogP contribution in [0.2, 0.25) is 0 Å². The second-order valence-electron chi connectivity index (χ2n) is 8.18. The molecule has 0 heterocycles. The van der Waals surface area contributed by atoms with E-state index in [1.807, 2.05) is 38.1 Å². The van der Waals surface area contributed by atoms with Crippen molar-refractivity contribution >= 4 is 87.6 Å². The van der Waals surface area contributed by atoms with Gasteiger partial charge in [-0.1, -0.05) is 13.8 Å². The Morgan fingerprint density at radius 2 is 0.897 bits per heavy atom. The third kappa shape index (κ3) is 9.40. The zero-order chi connectivity index (χ0) is 29.3. The molecule has 0 unspecified atom stereocenters. The molecule has 2 aromatic carbocycles. The maximum absolute atomic E-state index is 12.2. The van der Waals surface area contributed by atoms with Crippen LogP contribution in [-0.2, 0) is 34.1 Å². The third-order valence-corrected chi connectivity index (χ3v) is 7.49. The molecular weight excluding hydrogens is 772 g/mol. The van der Waals surface area contributed by atoms with Crippen LogP contribution in [0.1, 0.15) is 38.8 Å². The highest BCUT2D eigenvalue weighted by molar-refractivity contribution is 9.11. The summed E-state index contributed by atoms with van der Waals surface area (Å²) in [5.41, 5.74) is 1.17. The molecule has 0 bridgehead atoms. The van der Waals surface area contributed by atoms with Crippen molar-refractivity contribution in [1.82, 2.24) is 0 Å². The summed E-state index contributed by atoms with van der Waals surface area (Å²) < 4.78 is 22.3. The molecule has 0 amide bonds. The lowest BCUT2D eigenvalue weighted by atomic mass is 9.78. The average molecular weight is 796 g/mol. The van der Waals surface area contributed by atoms with Gasteiger partial charge < -0.3 is 18.9 Å². The van der Waals surface area contributed by atoms with Crippen molar-refractivity contribution in [1.29, 1.82) is 0 Å². The van der Waals surface area contributed by atoms with E-state index in [-0.39, 0.29) is 24.7 Å². The molecule has 0 aliphatic rings. The van der Waals surface area contributed by atoms with Crippen LogP contribution in [0, 0.1) is 0 Å². The van der Waals surface area contributed by atoms with Gasteiger partial charge >= 0.3 is 23.9 Å². The van der Waals surface area contributed by atoms with Crippen molar-refractivity contribution in [2.75, 3.05) is 13.2 Å². The van der Waals surface area contributed by atoms with Crippen LogP contribution in [0.3, 0.4) is 0 Å². The third-order valence-electron chi connectivity index (χ3n) is 5.13. The predicted octanol–water partition coefficient (Wildman–Crippen LogP) is 7.11. The van der Waals surface area contributed by atoms with Gasteiger partial charge in [0, 0.05) is 29.7 Å². The summed E-state index contributed by atoms with van der Waals surface area (Å²) in [6, 6.07) is 7.27. The van der Waals surface area contributed by atoms with Crippen molar-refractivity contribution in [3.8, 4) is 11.5 Å². The number of ether oxygens (including phenoxy) is 4. The quantitative estimate of drug-likeness (QED) is 0.143. The van der Waals surface area contributed by atoms with E-state index in [0.29, 0.717) is 17.9 Å². The Hall–Kier alpha value is -2.28. The summed E-state index contributed by atoms with van der Waals surface area (Å²) in [6.45, 7) is 7.71. The van der Waals surface area contributed by atoms with Gasteiger partial charge in [0.05, 0.1) is 31.1 Å². The van der Waals surface area contributed by atoms with E-state index < -0.39 is 29.3 Å². The molecule has 0 aliphatic heterocycles. The Bertz CT molecular complexity index is 1190. The molecule has 0 fully saturated rings. The fourth-order valence-corrected chi connectivity index (χ4v) is 5.82. The van der Waals surface area contributed by atoms with Gasteiger partial charge in [0.25, 0.3) is 0 Å². The summed E-state index contributed by atoms with van der Waals surface area (Å²) in [7, 11) is 0. The lowest BCUT2D eigenvalue weighted by Crippen LogP contribution is -2.20. The smallest absolute Gasteiger partial charge is 0.336 e. The van der Waals surface area contributed by atoms with Gasteiger partial charge in [-0.05, 0) is 113 Å². The molecule has 0 N–H and O–H groups in total. The molecule has 12 heteroatoms. The summed E-state index contributed by atoms with van der Waals surface area (Å²) in [4.78, 5) is 47.2. The lowest BCUT2D eigenvalue weighted by molar-refractivity contribution is -0.138. The fraction of sp³-hybridized carbons (Fsp3) is 0.259. The Labute approximate surface area is 259 Å². The van der Waals surface area contributed by atoms with E-state index in [2.05, 4.69) is 63.7 Å². The molecule has 2 aromatic rings. The zero-order valence-corrected chi connectivity index (χ0v) is 27.7. The minimum absolute atomic E-state index is 0.196. The largest absolute Gasteiger partial charge is 0.463 e. The molecule has 208 valence electrons. The van der Waals surface area contributed by atoms with Gasteiger partial charge in [0.2, 0.25) is 0 Å². The van der Waals surface area contributed by atoms with E-state index in [1.165, 1.54) is 0 Å². The minimum atomic E-state index is -0.744. The second-order valence-corrected chi connectivity index (χ2v) is 11.6. The van der Waals surface area contributed by atoms with Gasteiger partial charge in [0.1, 0.15) is 0 Å². The zero-order valence-electron chi connectivity index (χ0n) is 21.3. The number of halogens is 4. The van der Waals surface area contributed by atoms with Crippen LogP contribution in [0.5, 0.6) is 11.5 Å². The molecule has 0 aromatic heterocycles. The Morgan fingerprint density at radius 3 is 1.18 bits per heavy atom. The molecule has 8 nitrogen and oxygen atoms in total. The summed E-state index contributed by atoms with van der Waals surface area (Å²) >= 11 is 13.8. The highest BCUT2D eigenvalue weighted by Crippen LogP contribution is 2.44. The number of rotatable bonds is 10. The molecule has 0 saturated carbocycles. The van der Waals surface area contributed by atoms with Crippen molar-refractivity contribution in [2.24, 2.45) is 0 Å². The summed E-state index contributed by atoms with van der Waals surface area (Å²) in [6.07, 6.45) is 3.98. The van der Waals surface area contributed by atoms with Crippen molar-refractivity contribution in [2.45, 2.75) is 33.1 Å². The number of esters is 4. The van der Waals surface area contributed by atoms with Crippen LogP contribution < -0.4 is 9.47 Å². The number of carbonyl (C=O) groups excluding carboxylic acids is 4. The first kappa shape index (κ1) is 32.9. The first-order valence-corrected chi connectivity index (χ1v) is 14.6. The van der Waals surface area contributed by atoms with E-state index in [9.17, 15) is 19.2 Å². The van der Waals surface area contributed by atoms with Gasteiger partial charge in [-0.3, -0.25) is 0 Å². The SMILES string of the molecule is CCOC(=O)C=CC(=O)Oc1c(Br)cc(C(C)(C)c2cc(Br)c(OC(=O)C=CC(=O)OCC)c(Br)c2)cc1Br. The van der Waals surface area contributed by atoms with E-state index in [0.717, 1.165) is 35.4 Å². The van der Waals surface area contributed by atoms with Gasteiger partial charge in [0.15, 0.2) is 11.5 Å². The number of hydrogen-bond donors (Lipinski definition) is 0. The fourth-order valence-electron chi connectivity index (χ4n) is 3.13. The van der Waals surface area contributed by atoms with Crippen LogP contribution in [0.15, 0.2) is 66.5 Å². The number of carbonyl (C=O) groups is 4. The Balaban J connectivity index is 2.29. The van der Waals surface area contributed by atoms with Gasteiger partial charge in [-0.25, -0.2) is 19.2 Å². The monoisotopic (exact) mass is 792 g/mol. The molecule has 0 radical (unpaired) electrons. The average Bonchev–Trinajstić information content (AvgIpc) is 2.86. The second kappa shape index (κ2) is 14.9. The molecule has 0 atom stereocenters. The van der Waals surface area contributed by atoms with Crippen LogP contribution in [0.4, 0.5) is 0 Å². The molecule has 2 rings (SSSR count). The number of hydrogen-bond acceptors (Lipinski definition) is 8. The summed E-state index contributed by atoms with van der Waals surface area (Å²) in [5, 5.41) is 0. The van der Waals surface area contributed by atoms with Gasteiger partial charge in [-0.2, -0.15) is 0 Å². The first-order chi connectivity index (χ1) is 18.3. The summed E-state index contributed by atoms with van der Waals surface area (Å²) in [5.74, 6) is -2.29. The molecule has 39 heavy (non-hydrogen) atoms. The van der Waals surface area contributed by atoms with E-state index in [4.69, 9.17) is 18.9 Å². The van der Waals surface area contributed by atoms with Crippen molar-refractivity contribution < 1.29 is 38.1 Å². The van der Waals surface area contributed by atoms with Gasteiger partial charge in [-0.15, -0.1) is 0 Å². The molecular formula is C27H24Br4O8. The lowest BCUT2D eigenvalue weighted by Gasteiger charge is -2.28. The van der Waals surface area contributed by atoms with Crippen molar-refractivity contribution in [3.05, 3.63) is 77.6 Å². The molecule has 0 saturated heterocycles. The highest BCUT2D eigenvalue weighted by Gasteiger charge is 2.28. The van der Waals surface area contributed by atoms with E-state index >= 15 is 0 Å². The maximum Gasteiger partial charge on any atom is 0.336 e. The van der Waals surface area contributed by atoms with Crippen LogP contribution in [-0.4, -0.2) is 37.1 Å². The van der Waals surface area contributed by atoms with Crippen LogP contribution in [0.25, 0.3) is 0 Å². The molecule has 0 aliphatic carbocycles.